The van der Waals surface area contributed by atoms with Gasteiger partial charge in [0.05, 0.1) is 17.3 Å². The SMILES string of the molecule is CC[C@H](C)N(C(=O)COC(=O)CSc1ccc(C)c(C)c1)[C@@H]1CCS(=O)(=O)C1. The smallest absolute Gasteiger partial charge is 0.316 e. The normalized spacial score (nSPS) is 19.2. The van der Waals surface area contributed by atoms with E-state index >= 15 is 0 Å². The molecule has 2 rings (SSSR count). The highest BCUT2D eigenvalue weighted by Gasteiger charge is 2.36. The standard InChI is InChI=1S/C20H29NO5S2/c1-5-16(4)21(17-8-9-28(24,25)13-17)19(22)11-26-20(23)12-27-18-7-6-14(2)15(3)10-18/h6-7,10,16-17H,5,8-9,11-13H2,1-4H3/t16-,17+/m0/s1. The maximum atomic E-state index is 12.6. The number of hydrogen-bond donors (Lipinski definition) is 0. The Morgan fingerprint density at radius 3 is 2.57 bits per heavy atom. The number of carbonyl (C=O) groups is 2. The zero-order chi connectivity index (χ0) is 20.9. The number of hydrogen-bond acceptors (Lipinski definition) is 6. The molecule has 28 heavy (non-hydrogen) atoms. The van der Waals surface area contributed by atoms with Crippen LogP contribution in [-0.4, -0.2) is 61.1 Å². The molecule has 1 amide bonds. The molecule has 0 unspecified atom stereocenters. The minimum Gasteiger partial charge on any atom is -0.455 e. The second-order valence-electron chi connectivity index (χ2n) is 7.31. The first kappa shape index (κ1) is 22.7. The van der Waals surface area contributed by atoms with E-state index in [9.17, 15) is 18.0 Å². The third kappa shape index (κ3) is 6.24. The van der Waals surface area contributed by atoms with Gasteiger partial charge in [0.1, 0.15) is 0 Å². The molecule has 2 atom stereocenters. The molecule has 1 aromatic rings. The van der Waals surface area contributed by atoms with Crippen molar-refractivity contribution in [3.8, 4) is 0 Å². The number of benzene rings is 1. The molecule has 156 valence electrons. The molecule has 0 spiro atoms. The van der Waals surface area contributed by atoms with Crippen LogP contribution >= 0.6 is 11.8 Å². The lowest BCUT2D eigenvalue weighted by Crippen LogP contribution is -2.48. The minimum absolute atomic E-state index is 0.0142. The predicted octanol–water partition coefficient (Wildman–Crippen LogP) is 2.75. The summed E-state index contributed by atoms with van der Waals surface area (Å²) in [5, 5.41) is 0. The van der Waals surface area contributed by atoms with Crippen LogP contribution in [-0.2, 0) is 24.2 Å². The van der Waals surface area contributed by atoms with Crippen molar-refractivity contribution in [3.05, 3.63) is 29.3 Å². The first-order chi connectivity index (χ1) is 13.1. The van der Waals surface area contributed by atoms with Crippen LogP contribution in [0.2, 0.25) is 0 Å². The Hall–Kier alpha value is -1.54. The van der Waals surface area contributed by atoms with Gasteiger partial charge < -0.3 is 9.64 Å². The van der Waals surface area contributed by atoms with Crippen LogP contribution in [0.1, 0.15) is 37.8 Å². The van der Waals surface area contributed by atoms with Crippen LogP contribution in [0.25, 0.3) is 0 Å². The van der Waals surface area contributed by atoms with Crippen molar-refractivity contribution in [2.45, 2.75) is 57.5 Å². The number of thioether (sulfide) groups is 1. The number of carbonyl (C=O) groups excluding carboxylic acids is 2. The molecule has 1 aliphatic rings. The second kappa shape index (κ2) is 9.78. The molecule has 0 saturated carbocycles. The van der Waals surface area contributed by atoms with Crippen molar-refractivity contribution >= 4 is 33.5 Å². The van der Waals surface area contributed by atoms with Gasteiger partial charge in [-0.05, 0) is 56.9 Å². The maximum Gasteiger partial charge on any atom is 0.316 e. The lowest BCUT2D eigenvalue weighted by Gasteiger charge is -2.33. The van der Waals surface area contributed by atoms with Crippen molar-refractivity contribution in [1.82, 2.24) is 4.90 Å². The highest BCUT2D eigenvalue weighted by Crippen LogP contribution is 2.23. The van der Waals surface area contributed by atoms with Gasteiger partial charge in [0.25, 0.3) is 5.91 Å². The third-order valence-corrected chi connectivity index (χ3v) is 7.86. The Kier molecular flexibility index (Phi) is 7.95. The van der Waals surface area contributed by atoms with Crippen molar-refractivity contribution in [2.75, 3.05) is 23.9 Å². The average Bonchev–Trinajstić information content (AvgIpc) is 3.00. The minimum atomic E-state index is -3.10. The molecule has 1 saturated heterocycles. The number of esters is 1. The fourth-order valence-corrected chi connectivity index (χ4v) is 5.71. The van der Waals surface area contributed by atoms with Gasteiger partial charge in [0.15, 0.2) is 16.4 Å². The predicted molar refractivity (Wildman–Crippen MR) is 111 cm³/mol. The van der Waals surface area contributed by atoms with Crippen molar-refractivity contribution in [2.24, 2.45) is 0 Å². The Morgan fingerprint density at radius 1 is 1.29 bits per heavy atom. The summed E-state index contributed by atoms with van der Waals surface area (Å²) in [4.78, 5) is 27.3. The zero-order valence-corrected chi connectivity index (χ0v) is 18.6. The van der Waals surface area contributed by atoms with E-state index in [0.717, 1.165) is 10.5 Å². The van der Waals surface area contributed by atoms with Crippen molar-refractivity contribution in [3.63, 3.8) is 0 Å². The summed E-state index contributed by atoms with van der Waals surface area (Å²) in [6.45, 7) is 7.53. The van der Waals surface area contributed by atoms with E-state index in [1.54, 1.807) is 4.90 Å². The van der Waals surface area contributed by atoms with E-state index in [2.05, 4.69) is 0 Å². The van der Waals surface area contributed by atoms with Crippen LogP contribution in [0.5, 0.6) is 0 Å². The summed E-state index contributed by atoms with van der Waals surface area (Å²) in [6, 6.07) is 5.54. The Labute approximate surface area is 171 Å². The van der Waals surface area contributed by atoms with Crippen LogP contribution in [0, 0.1) is 13.8 Å². The fourth-order valence-electron chi connectivity index (χ4n) is 3.21. The number of aryl methyl sites for hydroxylation is 2. The molecular formula is C20H29NO5S2. The fraction of sp³-hybridized carbons (Fsp3) is 0.600. The summed E-state index contributed by atoms with van der Waals surface area (Å²) in [6.07, 6.45) is 1.15. The van der Waals surface area contributed by atoms with E-state index in [1.165, 1.54) is 17.3 Å². The third-order valence-electron chi connectivity index (χ3n) is 5.15. The molecular weight excluding hydrogens is 398 g/mol. The quantitative estimate of drug-likeness (QED) is 0.469. The monoisotopic (exact) mass is 427 g/mol. The van der Waals surface area contributed by atoms with Crippen LogP contribution in [0.4, 0.5) is 0 Å². The Balaban J connectivity index is 1.88. The van der Waals surface area contributed by atoms with Gasteiger partial charge in [-0.3, -0.25) is 9.59 Å². The molecule has 0 aliphatic carbocycles. The number of rotatable bonds is 8. The van der Waals surface area contributed by atoms with Gasteiger partial charge in [0, 0.05) is 17.0 Å². The summed E-state index contributed by atoms with van der Waals surface area (Å²) >= 11 is 1.37. The van der Waals surface area contributed by atoms with Crippen LogP contribution in [0.15, 0.2) is 23.1 Å². The number of nitrogens with zero attached hydrogens (tertiary/aromatic N) is 1. The number of ether oxygens (including phenoxy) is 1. The van der Waals surface area contributed by atoms with Gasteiger partial charge in [-0.2, -0.15) is 0 Å². The van der Waals surface area contributed by atoms with Crippen molar-refractivity contribution in [1.29, 1.82) is 0 Å². The summed E-state index contributed by atoms with van der Waals surface area (Å²) in [5.41, 5.74) is 2.35. The maximum absolute atomic E-state index is 12.6. The molecule has 1 aliphatic heterocycles. The van der Waals surface area contributed by atoms with Gasteiger partial charge in [-0.1, -0.05) is 13.0 Å². The number of amides is 1. The number of sulfone groups is 1. The Morgan fingerprint density at radius 2 is 2.00 bits per heavy atom. The van der Waals surface area contributed by atoms with Crippen LogP contribution in [0.3, 0.4) is 0 Å². The van der Waals surface area contributed by atoms with Crippen LogP contribution < -0.4 is 0 Å². The lowest BCUT2D eigenvalue weighted by molar-refractivity contribution is -0.152. The van der Waals surface area contributed by atoms with E-state index < -0.39 is 15.8 Å². The van der Waals surface area contributed by atoms with E-state index in [4.69, 9.17) is 4.74 Å². The van der Waals surface area contributed by atoms with Crippen molar-refractivity contribution < 1.29 is 22.7 Å². The van der Waals surface area contributed by atoms with E-state index in [1.807, 2.05) is 45.9 Å². The molecule has 0 N–H and O–H groups in total. The van der Waals surface area contributed by atoms with E-state index in [-0.39, 0.29) is 41.9 Å². The molecule has 8 heteroatoms. The first-order valence-corrected chi connectivity index (χ1v) is 12.3. The first-order valence-electron chi connectivity index (χ1n) is 9.50. The average molecular weight is 428 g/mol. The molecule has 0 radical (unpaired) electrons. The summed E-state index contributed by atoms with van der Waals surface area (Å²) in [7, 11) is -3.10. The zero-order valence-electron chi connectivity index (χ0n) is 16.9. The molecule has 1 aromatic carbocycles. The van der Waals surface area contributed by atoms with Gasteiger partial charge in [-0.25, -0.2) is 8.42 Å². The topological polar surface area (TPSA) is 80.8 Å². The van der Waals surface area contributed by atoms with Gasteiger partial charge in [0.2, 0.25) is 0 Å². The highest BCUT2D eigenvalue weighted by atomic mass is 32.2. The molecule has 1 heterocycles. The molecule has 0 bridgehead atoms. The van der Waals surface area contributed by atoms with Gasteiger partial charge >= 0.3 is 5.97 Å². The molecule has 1 fully saturated rings. The van der Waals surface area contributed by atoms with E-state index in [0.29, 0.717) is 12.8 Å². The molecule has 0 aromatic heterocycles. The summed E-state index contributed by atoms with van der Waals surface area (Å²) in [5.74, 6) is -0.582. The lowest BCUT2D eigenvalue weighted by atomic mass is 10.1. The Bertz CT molecular complexity index is 822. The largest absolute Gasteiger partial charge is 0.455 e. The molecule has 6 nitrogen and oxygen atoms in total. The summed E-state index contributed by atoms with van der Waals surface area (Å²) < 4.78 is 28.7. The van der Waals surface area contributed by atoms with Gasteiger partial charge in [-0.15, -0.1) is 11.8 Å². The second-order valence-corrected chi connectivity index (χ2v) is 10.6. The highest BCUT2D eigenvalue weighted by molar-refractivity contribution is 8.00.